The van der Waals surface area contributed by atoms with Crippen LogP contribution < -0.4 is 10.1 Å². The molecule has 0 spiro atoms. The molecule has 38 heavy (non-hydrogen) atoms. The fourth-order valence-corrected chi connectivity index (χ4v) is 4.68. The Morgan fingerprint density at radius 3 is 2.55 bits per heavy atom. The van der Waals surface area contributed by atoms with Gasteiger partial charge in [0.2, 0.25) is 5.88 Å². The van der Waals surface area contributed by atoms with E-state index >= 15 is 0 Å². The van der Waals surface area contributed by atoms with Crippen LogP contribution in [0.2, 0.25) is 0 Å². The number of benzene rings is 1. The van der Waals surface area contributed by atoms with Crippen LogP contribution >= 0.6 is 0 Å². The van der Waals surface area contributed by atoms with E-state index in [0.29, 0.717) is 18.3 Å². The van der Waals surface area contributed by atoms with Crippen molar-refractivity contribution in [1.29, 1.82) is 0 Å². The number of esters is 1. The van der Waals surface area contributed by atoms with E-state index in [1.807, 2.05) is 46.1 Å². The third-order valence-electron chi connectivity index (χ3n) is 6.69. The first-order valence-corrected chi connectivity index (χ1v) is 12.8. The Hall–Kier alpha value is -4.27. The average molecular weight is 513 g/mol. The number of hydrogen-bond acceptors (Lipinski definition) is 8. The summed E-state index contributed by atoms with van der Waals surface area (Å²) < 4.78 is 12.7. The zero-order valence-electron chi connectivity index (χ0n) is 22.4. The standard InChI is InChI=1S/C29H32N6O3/c1-6-37-28(36)29(11-12-29)23-9-7-20(13-19(23)4)21-8-10-24(31-14-21)22-15-32-35(5)27(22)34-25-16-30-17-26(33-25)38-18(2)3/h7-10,13-18H,6,11-12H2,1-5H3,(H,33,34). The molecule has 0 radical (unpaired) electrons. The van der Waals surface area contributed by atoms with Crippen molar-refractivity contribution in [2.75, 3.05) is 11.9 Å². The summed E-state index contributed by atoms with van der Waals surface area (Å²) in [5.41, 5.74) is 5.32. The van der Waals surface area contributed by atoms with Crippen molar-refractivity contribution < 1.29 is 14.3 Å². The second-order valence-corrected chi connectivity index (χ2v) is 9.83. The summed E-state index contributed by atoms with van der Waals surface area (Å²) in [6.45, 7) is 8.19. The van der Waals surface area contributed by atoms with Crippen LogP contribution in [-0.2, 0) is 22.0 Å². The predicted octanol–water partition coefficient (Wildman–Crippen LogP) is 5.37. The number of pyridine rings is 1. The molecule has 196 valence electrons. The van der Waals surface area contributed by atoms with Crippen molar-refractivity contribution in [2.45, 2.75) is 52.1 Å². The molecule has 1 saturated carbocycles. The lowest BCUT2D eigenvalue weighted by Gasteiger charge is -2.17. The summed E-state index contributed by atoms with van der Waals surface area (Å²) >= 11 is 0. The number of aryl methyl sites for hydroxylation is 2. The van der Waals surface area contributed by atoms with Gasteiger partial charge in [0.1, 0.15) is 5.82 Å². The van der Waals surface area contributed by atoms with E-state index in [4.69, 9.17) is 14.5 Å². The van der Waals surface area contributed by atoms with Crippen LogP contribution in [0.5, 0.6) is 5.88 Å². The lowest BCUT2D eigenvalue weighted by Crippen LogP contribution is -2.24. The molecular weight excluding hydrogens is 480 g/mol. The van der Waals surface area contributed by atoms with Crippen LogP contribution in [0.25, 0.3) is 22.4 Å². The lowest BCUT2D eigenvalue weighted by atomic mass is 9.89. The van der Waals surface area contributed by atoms with Gasteiger partial charge in [-0.1, -0.05) is 24.3 Å². The largest absolute Gasteiger partial charge is 0.474 e. The highest BCUT2D eigenvalue weighted by molar-refractivity contribution is 5.87. The first kappa shape index (κ1) is 25.4. The van der Waals surface area contributed by atoms with E-state index in [2.05, 4.69) is 45.5 Å². The molecule has 3 heterocycles. The minimum atomic E-state index is -0.477. The van der Waals surface area contributed by atoms with Crippen molar-refractivity contribution in [1.82, 2.24) is 24.7 Å². The number of anilines is 2. The molecule has 0 atom stereocenters. The van der Waals surface area contributed by atoms with Gasteiger partial charge >= 0.3 is 5.97 Å². The topological polar surface area (TPSA) is 104 Å². The van der Waals surface area contributed by atoms with Crippen molar-refractivity contribution in [3.05, 3.63) is 66.2 Å². The molecule has 1 fully saturated rings. The summed E-state index contributed by atoms with van der Waals surface area (Å²) in [4.78, 5) is 26.0. The smallest absolute Gasteiger partial charge is 0.316 e. The zero-order valence-corrected chi connectivity index (χ0v) is 22.4. The molecule has 5 rings (SSSR count). The van der Waals surface area contributed by atoms with Crippen molar-refractivity contribution in [3.63, 3.8) is 0 Å². The van der Waals surface area contributed by atoms with Gasteiger partial charge in [-0.05, 0) is 63.3 Å². The highest BCUT2D eigenvalue weighted by Gasteiger charge is 2.53. The predicted molar refractivity (Wildman–Crippen MR) is 145 cm³/mol. The summed E-state index contributed by atoms with van der Waals surface area (Å²) in [5.74, 6) is 1.63. The van der Waals surface area contributed by atoms with E-state index in [9.17, 15) is 4.79 Å². The third kappa shape index (κ3) is 4.96. The molecule has 0 unspecified atom stereocenters. The fourth-order valence-electron chi connectivity index (χ4n) is 4.68. The van der Waals surface area contributed by atoms with Gasteiger partial charge in [0.05, 0.1) is 48.0 Å². The summed E-state index contributed by atoms with van der Waals surface area (Å²) in [6, 6.07) is 10.3. The first-order valence-electron chi connectivity index (χ1n) is 12.8. The summed E-state index contributed by atoms with van der Waals surface area (Å²) in [5, 5.41) is 7.72. The minimum Gasteiger partial charge on any atom is -0.474 e. The maximum atomic E-state index is 12.6. The first-order chi connectivity index (χ1) is 18.3. The Kier molecular flexibility index (Phi) is 6.84. The van der Waals surface area contributed by atoms with Crippen molar-refractivity contribution >= 4 is 17.6 Å². The van der Waals surface area contributed by atoms with Gasteiger partial charge in [-0.25, -0.2) is 0 Å². The monoisotopic (exact) mass is 512 g/mol. The number of aromatic nitrogens is 5. The van der Waals surface area contributed by atoms with E-state index in [0.717, 1.165) is 52.2 Å². The summed E-state index contributed by atoms with van der Waals surface area (Å²) in [6.07, 6.45) is 8.53. The molecule has 9 heteroatoms. The number of hydrogen-bond donors (Lipinski definition) is 1. The molecule has 0 bridgehead atoms. The van der Waals surface area contributed by atoms with E-state index in [1.165, 1.54) is 0 Å². The van der Waals surface area contributed by atoms with E-state index in [1.54, 1.807) is 23.3 Å². The molecule has 0 aliphatic heterocycles. The normalized spacial score (nSPS) is 13.8. The van der Waals surface area contributed by atoms with Gasteiger partial charge in [-0.2, -0.15) is 10.1 Å². The molecule has 1 aliphatic rings. The van der Waals surface area contributed by atoms with E-state index < -0.39 is 5.41 Å². The van der Waals surface area contributed by atoms with Crippen molar-refractivity contribution in [3.8, 4) is 28.3 Å². The molecule has 0 amide bonds. The maximum absolute atomic E-state index is 12.6. The molecule has 9 nitrogen and oxygen atoms in total. The molecule has 3 aromatic heterocycles. The van der Waals surface area contributed by atoms with E-state index in [-0.39, 0.29) is 12.1 Å². The Balaban J connectivity index is 1.37. The molecule has 4 aromatic rings. The lowest BCUT2D eigenvalue weighted by molar-refractivity contribution is -0.146. The van der Waals surface area contributed by atoms with Crippen LogP contribution in [0.4, 0.5) is 11.6 Å². The van der Waals surface area contributed by atoms with Crippen LogP contribution in [0.1, 0.15) is 44.7 Å². The van der Waals surface area contributed by atoms with Crippen LogP contribution in [0, 0.1) is 6.92 Å². The molecule has 0 saturated heterocycles. The molecular formula is C29H32N6O3. The van der Waals surface area contributed by atoms with Gasteiger partial charge < -0.3 is 14.8 Å². The number of nitrogens with zero attached hydrogens (tertiary/aromatic N) is 5. The Morgan fingerprint density at radius 1 is 1.11 bits per heavy atom. The SMILES string of the molecule is CCOC(=O)C1(c2ccc(-c3ccc(-c4cnn(C)c4Nc4cncc(OC(C)C)n4)nc3)cc2C)CC1. The highest BCUT2D eigenvalue weighted by atomic mass is 16.5. The second-order valence-electron chi connectivity index (χ2n) is 9.83. The Morgan fingerprint density at radius 2 is 1.89 bits per heavy atom. The fraction of sp³-hybridized carbons (Fsp3) is 0.345. The van der Waals surface area contributed by atoms with Gasteiger partial charge in [0, 0.05) is 18.8 Å². The minimum absolute atomic E-state index is 0.00177. The number of nitrogens with one attached hydrogen (secondary N) is 1. The third-order valence-corrected chi connectivity index (χ3v) is 6.69. The van der Waals surface area contributed by atoms with Crippen LogP contribution in [0.3, 0.4) is 0 Å². The Bertz CT molecular complexity index is 1460. The highest BCUT2D eigenvalue weighted by Crippen LogP contribution is 2.50. The summed E-state index contributed by atoms with van der Waals surface area (Å²) in [7, 11) is 1.86. The van der Waals surface area contributed by atoms with Crippen LogP contribution in [-0.4, -0.2) is 43.4 Å². The molecule has 1 aromatic carbocycles. The van der Waals surface area contributed by atoms with Gasteiger partial charge in [-0.15, -0.1) is 0 Å². The van der Waals surface area contributed by atoms with Gasteiger partial charge in [-0.3, -0.25) is 19.4 Å². The second kappa shape index (κ2) is 10.2. The Labute approximate surface area is 222 Å². The quantitative estimate of drug-likeness (QED) is 0.298. The van der Waals surface area contributed by atoms with Gasteiger partial charge in [0.15, 0.2) is 5.82 Å². The number of carbonyl (C=O) groups excluding carboxylic acids is 1. The molecule has 1 N–H and O–H groups in total. The molecule has 1 aliphatic carbocycles. The maximum Gasteiger partial charge on any atom is 0.316 e. The number of ether oxygens (including phenoxy) is 2. The number of rotatable bonds is 9. The number of carbonyl (C=O) groups is 1. The zero-order chi connectivity index (χ0) is 26.9. The average Bonchev–Trinajstić information content (AvgIpc) is 3.63. The van der Waals surface area contributed by atoms with Crippen LogP contribution in [0.15, 0.2) is 55.1 Å². The van der Waals surface area contributed by atoms with Crippen molar-refractivity contribution in [2.24, 2.45) is 7.05 Å². The van der Waals surface area contributed by atoms with Gasteiger partial charge in [0.25, 0.3) is 0 Å².